The van der Waals surface area contributed by atoms with E-state index in [1.54, 1.807) is 6.20 Å². The Bertz CT molecular complexity index is 804. The van der Waals surface area contributed by atoms with Gasteiger partial charge < -0.3 is 14.6 Å². The van der Waals surface area contributed by atoms with Crippen molar-refractivity contribution in [3.05, 3.63) is 46.7 Å². The standard InChI is InChI=1S/C19H24BClN2O2/c1-18(2)19(3,4)25-20(24-18)14(12-22-5)10-13-11-23-17(21)16-9-7-6-8-15(13)16/h6-11,22H,12H2,1-5H3. The Morgan fingerprint density at radius 2 is 1.76 bits per heavy atom. The molecule has 0 aliphatic carbocycles. The van der Waals surface area contributed by atoms with Gasteiger partial charge in [-0.15, -0.1) is 0 Å². The molecule has 1 aromatic heterocycles. The van der Waals surface area contributed by atoms with Gasteiger partial charge in [-0.25, -0.2) is 4.98 Å². The van der Waals surface area contributed by atoms with Gasteiger partial charge in [0.2, 0.25) is 0 Å². The number of rotatable bonds is 4. The van der Waals surface area contributed by atoms with Crippen LogP contribution >= 0.6 is 11.6 Å². The lowest BCUT2D eigenvalue weighted by Crippen LogP contribution is -2.41. The van der Waals surface area contributed by atoms with E-state index in [0.717, 1.165) is 21.8 Å². The fourth-order valence-corrected chi connectivity index (χ4v) is 3.11. The number of likely N-dealkylation sites (N-methyl/N-ethyl adjacent to an activating group) is 1. The Morgan fingerprint density at radius 3 is 2.36 bits per heavy atom. The molecule has 1 aromatic carbocycles. The van der Waals surface area contributed by atoms with E-state index in [4.69, 9.17) is 20.9 Å². The molecular formula is C19H24BClN2O2. The predicted octanol–water partition coefficient (Wildman–Crippen LogP) is 4.12. The van der Waals surface area contributed by atoms with Crippen molar-refractivity contribution in [1.82, 2.24) is 10.3 Å². The minimum atomic E-state index is -0.396. The summed E-state index contributed by atoms with van der Waals surface area (Å²) in [7, 11) is 1.52. The molecule has 4 nitrogen and oxygen atoms in total. The van der Waals surface area contributed by atoms with Gasteiger partial charge >= 0.3 is 7.12 Å². The first kappa shape index (κ1) is 18.4. The molecule has 1 aliphatic heterocycles. The van der Waals surface area contributed by atoms with Crippen LogP contribution in [0.3, 0.4) is 0 Å². The summed E-state index contributed by atoms with van der Waals surface area (Å²) in [6.07, 6.45) is 3.88. The summed E-state index contributed by atoms with van der Waals surface area (Å²) in [5, 5.41) is 5.72. The SMILES string of the molecule is CNCC(=Cc1cnc(Cl)c2ccccc12)B1OC(C)(C)C(C)(C)O1. The molecule has 0 bridgehead atoms. The highest BCUT2D eigenvalue weighted by Crippen LogP contribution is 2.39. The summed E-state index contributed by atoms with van der Waals surface area (Å²) in [6.45, 7) is 8.90. The molecule has 0 saturated carbocycles. The molecule has 25 heavy (non-hydrogen) atoms. The minimum absolute atomic E-state index is 0.370. The van der Waals surface area contributed by atoms with Gasteiger partial charge in [0.1, 0.15) is 5.15 Å². The van der Waals surface area contributed by atoms with E-state index < -0.39 is 7.12 Å². The van der Waals surface area contributed by atoms with E-state index in [2.05, 4.69) is 50.1 Å². The van der Waals surface area contributed by atoms with Crippen LogP contribution in [-0.4, -0.2) is 36.9 Å². The van der Waals surface area contributed by atoms with Crippen LogP contribution in [0, 0.1) is 0 Å². The summed E-state index contributed by atoms with van der Waals surface area (Å²) >= 11 is 6.24. The smallest absolute Gasteiger partial charge is 0.400 e. The van der Waals surface area contributed by atoms with Crippen molar-refractivity contribution in [3.8, 4) is 0 Å². The van der Waals surface area contributed by atoms with E-state index >= 15 is 0 Å². The normalized spacial score (nSPS) is 19.6. The van der Waals surface area contributed by atoms with Crippen molar-refractivity contribution < 1.29 is 9.31 Å². The Labute approximate surface area is 154 Å². The topological polar surface area (TPSA) is 43.4 Å². The van der Waals surface area contributed by atoms with Gasteiger partial charge in [-0.1, -0.05) is 41.9 Å². The molecule has 0 radical (unpaired) electrons. The highest BCUT2D eigenvalue weighted by Gasteiger charge is 2.52. The number of pyridine rings is 1. The van der Waals surface area contributed by atoms with Crippen LogP contribution in [0.1, 0.15) is 33.3 Å². The first-order valence-electron chi connectivity index (χ1n) is 8.49. The maximum Gasteiger partial charge on any atom is 0.491 e. The number of fused-ring (bicyclic) bond motifs is 1. The van der Waals surface area contributed by atoms with Crippen molar-refractivity contribution in [1.29, 1.82) is 0 Å². The van der Waals surface area contributed by atoms with Crippen molar-refractivity contribution in [3.63, 3.8) is 0 Å². The van der Waals surface area contributed by atoms with Crippen molar-refractivity contribution in [2.75, 3.05) is 13.6 Å². The number of halogens is 1. The number of hydrogen-bond donors (Lipinski definition) is 1. The lowest BCUT2D eigenvalue weighted by molar-refractivity contribution is 0.00578. The quantitative estimate of drug-likeness (QED) is 0.659. The highest BCUT2D eigenvalue weighted by molar-refractivity contribution is 6.56. The lowest BCUT2D eigenvalue weighted by atomic mass is 9.77. The van der Waals surface area contributed by atoms with Gasteiger partial charge in [0.05, 0.1) is 11.2 Å². The van der Waals surface area contributed by atoms with Gasteiger partial charge in [0, 0.05) is 23.7 Å². The second kappa shape index (κ2) is 6.73. The number of benzene rings is 1. The zero-order valence-corrected chi connectivity index (χ0v) is 16.1. The lowest BCUT2D eigenvalue weighted by Gasteiger charge is -2.32. The highest BCUT2D eigenvalue weighted by atomic mass is 35.5. The summed E-state index contributed by atoms with van der Waals surface area (Å²) in [5.74, 6) is 0. The molecule has 1 N–H and O–H groups in total. The van der Waals surface area contributed by atoms with Crippen LogP contribution in [0.2, 0.25) is 5.15 Å². The van der Waals surface area contributed by atoms with Gasteiger partial charge in [-0.05, 0) is 45.6 Å². The van der Waals surface area contributed by atoms with Gasteiger partial charge in [-0.3, -0.25) is 0 Å². The first-order chi connectivity index (χ1) is 11.7. The molecule has 1 fully saturated rings. The maximum atomic E-state index is 6.24. The Morgan fingerprint density at radius 1 is 1.16 bits per heavy atom. The molecule has 0 spiro atoms. The number of nitrogens with one attached hydrogen (secondary N) is 1. The van der Waals surface area contributed by atoms with Crippen molar-refractivity contribution in [2.45, 2.75) is 38.9 Å². The summed E-state index contributed by atoms with van der Waals surface area (Å²) < 4.78 is 12.4. The van der Waals surface area contributed by atoms with Gasteiger partial charge in [0.25, 0.3) is 0 Å². The number of hydrogen-bond acceptors (Lipinski definition) is 4. The van der Waals surface area contributed by atoms with Crippen LogP contribution < -0.4 is 5.32 Å². The number of nitrogens with zero attached hydrogens (tertiary/aromatic N) is 1. The molecule has 132 valence electrons. The third-order valence-electron chi connectivity index (χ3n) is 5.06. The molecule has 0 unspecified atom stereocenters. The molecule has 1 aliphatic rings. The van der Waals surface area contributed by atoms with Crippen LogP contribution in [-0.2, 0) is 9.31 Å². The maximum absolute atomic E-state index is 6.24. The van der Waals surface area contributed by atoms with Crippen LogP contribution in [0.5, 0.6) is 0 Å². The predicted molar refractivity (Wildman–Crippen MR) is 105 cm³/mol. The van der Waals surface area contributed by atoms with E-state index in [1.807, 2.05) is 25.2 Å². The average Bonchev–Trinajstić information content (AvgIpc) is 2.77. The molecule has 6 heteroatoms. The Kier molecular flexibility index (Phi) is 4.95. The summed E-state index contributed by atoms with van der Waals surface area (Å²) in [4.78, 5) is 4.32. The van der Waals surface area contributed by atoms with E-state index in [1.165, 1.54) is 0 Å². The molecule has 0 amide bonds. The third-order valence-corrected chi connectivity index (χ3v) is 5.36. The van der Waals surface area contributed by atoms with Crippen molar-refractivity contribution in [2.24, 2.45) is 0 Å². The summed E-state index contributed by atoms with van der Waals surface area (Å²) in [6, 6.07) is 8.00. The molecule has 3 rings (SSSR count). The van der Waals surface area contributed by atoms with E-state index in [-0.39, 0.29) is 11.2 Å². The van der Waals surface area contributed by atoms with Crippen LogP contribution in [0.25, 0.3) is 16.8 Å². The number of aromatic nitrogens is 1. The van der Waals surface area contributed by atoms with Crippen LogP contribution in [0.4, 0.5) is 0 Å². The second-order valence-corrected chi connectivity index (χ2v) is 7.75. The fourth-order valence-electron chi connectivity index (χ4n) is 2.90. The monoisotopic (exact) mass is 358 g/mol. The molecule has 2 aromatic rings. The minimum Gasteiger partial charge on any atom is -0.400 e. The zero-order valence-electron chi connectivity index (χ0n) is 15.4. The second-order valence-electron chi connectivity index (χ2n) is 7.39. The van der Waals surface area contributed by atoms with Gasteiger partial charge in [0.15, 0.2) is 0 Å². The van der Waals surface area contributed by atoms with E-state index in [0.29, 0.717) is 11.7 Å². The molecule has 0 atom stereocenters. The average molecular weight is 359 g/mol. The molecule has 2 heterocycles. The molecule has 1 saturated heterocycles. The Balaban J connectivity index is 2.04. The van der Waals surface area contributed by atoms with Crippen molar-refractivity contribution >= 4 is 35.6 Å². The zero-order chi connectivity index (χ0) is 18.2. The van der Waals surface area contributed by atoms with Gasteiger partial charge in [-0.2, -0.15) is 0 Å². The van der Waals surface area contributed by atoms with E-state index in [9.17, 15) is 0 Å². The molecular weight excluding hydrogens is 334 g/mol. The summed E-state index contributed by atoms with van der Waals surface area (Å²) in [5.41, 5.74) is 1.28. The Hall–Kier alpha value is -1.40. The van der Waals surface area contributed by atoms with Crippen LogP contribution in [0.15, 0.2) is 35.9 Å². The third kappa shape index (κ3) is 3.47. The largest absolute Gasteiger partial charge is 0.491 e. The fraction of sp³-hybridized carbons (Fsp3) is 0.421. The first-order valence-corrected chi connectivity index (χ1v) is 8.87.